The monoisotopic (exact) mass is 264 g/mol. The number of morpholine rings is 1. The number of aliphatic hydroxyl groups excluding tert-OH is 1. The van der Waals surface area contributed by atoms with Gasteiger partial charge in [0.15, 0.2) is 0 Å². The maximum atomic E-state index is 11.3. The van der Waals surface area contributed by atoms with Gasteiger partial charge in [-0.3, -0.25) is 9.69 Å². The van der Waals surface area contributed by atoms with Crippen molar-refractivity contribution >= 4 is 5.91 Å². The number of benzene rings is 1. The van der Waals surface area contributed by atoms with E-state index in [9.17, 15) is 9.90 Å². The highest BCUT2D eigenvalue weighted by atomic mass is 16.5. The smallest absolute Gasteiger partial charge is 0.248 e. The lowest BCUT2D eigenvalue weighted by Gasteiger charge is -2.28. The van der Waals surface area contributed by atoms with Crippen LogP contribution in [0.1, 0.15) is 15.9 Å². The Kier molecular flexibility index (Phi) is 4.90. The molecule has 0 aromatic heterocycles. The molecular formula is C14H20N2O3. The maximum Gasteiger partial charge on any atom is 0.248 e. The third-order valence-corrected chi connectivity index (χ3v) is 3.31. The highest BCUT2D eigenvalue weighted by Crippen LogP contribution is 2.12. The van der Waals surface area contributed by atoms with Gasteiger partial charge >= 0.3 is 0 Å². The predicted octanol–water partition coefficient (Wildman–Crippen LogP) is 0.0211. The third kappa shape index (κ3) is 4.02. The molecular weight excluding hydrogens is 244 g/mol. The fourth-order valence-corrected chi connectivity index (χ4v) is 2.34. The van der Waals surface area contributed by atoms with Gasteiger partial charge in [-0.2, -0.15) is 0 Å². The first-order chi connectivity index (χ1) is 9.16. The van der Waals surface area contributed by atoms with Crippen molar-refractivity contribution in [1.29, 1.82) is 0 Å². The Bertz CT molecular complexity index is 430. The van der Waals surface area contributed by atoms with Gasteiger partial charge in [0.05, 0.1) is 19.3 Å². The highest BCUT2D eigenvalue weighted by molar-refractivity contribution is 5.94. The summed E-state index contributed by atoms with van der Waals surface area (Å²) in [5, 5.41) is 10.1. The molecule has 1 heterocycles. The lowest BCUT2D eigenvalue weighted by atomic mass is 10.0. The SMILES string of the molecule is NC(=O)c1ccccc1C[C@H](O)CN1CCOCC1. The molecule has 19 heavy (non-hydrogen) atoms. The number of ether oxygens (including phenoxy) is 1. The third-order valence-electron chi connectivity index (χ3n) is 3.31. The van der Waals surface area contributed by atoms with Crippen LogP contribution in [0.15, 0.2) is 24.3 Å². The summed E-state index contributed by atoms with van der Waals surface area (Å²) in [5.41, 5.74) is 6.62. The van der Waals surface area contributed by atoms with E-state index >= 15 is 0 Å². The van der Waals surface area contributed by atoms with E-state index in [0.29, 0.717) is 31.7 Å². The van der Waals surface area contributed by atoms with Crippen LogP contribution in [-0.2, 0) is 11.2 Å². The van der Waals surface area contributed by atoms with Gasteiger partial charge < -0.3 is 15.6 Å². The fraction of sp³-hybridized carbons (Fsp3) is 0.500. The molecule has 0 saturated carbocycles. The molecule has 0 aliphatic carbocycles. The molecule has 1 atom stereocenters. The Hall–Kier alpha value is -1.43. The number of amides is 1. The van der Waals surface area contributed by atoms with E-state index < -0.39 is 12.0 Å². The minimum Gasteiger partial charge on any atom is -0.391 e. The first kappa shape index (κ1) is 14.0. The van der Waals surface area contributed by atoms with E-state index in [1.807, 2.05) is 12.1 Å². The molecule has 5 heteroatoms. The van der Waals surface area contributed by atoms with Crippen molar-refractivity contribution in [2.24, 2.45) is 5.73 Å². The first-order valence-electron chi connectivity index (χ1n) is 6.52. The molecule has 0 bridgehead atoms. The van der Waals surface area contributed by atoms with E-state index in [0.717, 1.165) is 18.7 Å². The van der Waals surface area contributed by atoms with Crippen molar-refractivity contribution in [1.82, 2.24) is 4.90 Å². The molecule has 2 rings (SSSR count). The average molecular weight is 264 g/mol. The molecule has 1 aliphatic rings. The van der Waals surface area contributed by atoms with Gasteiger partial charge in [0.2, 0.25) is 5.91 Å². The van der Waals surface area contributed by atoms with Crippen LogP contribution in [0.5, 0.6) is 0 Å². The maximum absolute atomic E-state index is 11.3. The van der Waals surface area contributed by atoms with Gasteiger partial charge in [-0.05, 0) is 11.6 Å². The van der Waals surface area contributed by atoms with Crippen LogP contribution in [0.2, 0.25) is 0 Å². The van der Waals surface area contributed by atoms with Crippen LogP contribution in [0.3, 0.4) is 0 Å². The number of β-amino-alcohol motifs (C(OH)–C–C–N with tert-alkyl or cyclic N) is 1. The van der Waals surface area contributed by atoms with Gasteiger partial charge in [0.25, 0.3) is 0 Å². The minimum absolute atomic E-state index is 0.441. The van der Waals surface area contributed by atoms with Crippen molar-refractivity contribution < 1.29 is 14.6 Å². The number of aliphatic hydroxyl groups is 1. The van der Waals surface area contributed by atoms with Crippen LogP contribution in [0.4, 0.5) is 0 Å². The normalized spacial score (nSPS) is 18.2. The highest BCUT2D eigenvalue weighted by Gasteiger charge is 2.17. The standard InChI is InChI=1S/C14H20N2O3/c15-14(18)13-4-2-1-3-11(13)9-12(17)10-16-5-7-19-8-6-16/h1-4,12,17H,5-10H2,(H2,15,18)/t12-/m0/s1. The summed E-state index contributed by atoms with van der Waals surface area (Å²) in [6.45, 7) is 3.70. The number of rotatable bonds is 5. The molecule has 5 nitrogen and oxygen atoms in total. The Labute approximate surface area is 113 Å². The number of primary amides is 1. The van der Waals surface area contributed by atoms with Gasteiger partial charge in [-0.1, -0.05) is 18.2 Å². The molecule has 0 unspecified atom stereocenters. The van der Waals surface area contributed by atoms with Crippen LogP contribution in [0, 0.1) is 0 Å². The molecule has 1 amide bonds. The molecule has 1 aromatic carbocycles. The quantitative estimate of drug-likeness (QED) is 0.786. The summed E-state index contributed by atoms with van der Waals surface area (Å²) in [7, 11) is 0. The lowest BCUT2D eigenvalue weighted by molar-refractivity contribution is 0.0149. The zero-order valence-electron chi connectivity index (χ0n) is 10.9. The second kappa shape index (κ2) is 6.65. The number of nitrogens with two attached hydrogens (primary N) is 1. The van der Waals surface area contributed by atoms with Crippen molar-refractivity contribution in [3.05, 3.63) is 35.4 Å². The Morgan fingerprint density at radius 1 is 1.37 bits per heavy atom. The molecule has 1 fully saturated rings. The Morgan fingerprint density at radius 3 is 2.74 bits per heavy atom. The number of nitrogens with zero attached hydrogens (tertiary/aromatic N) is 1. The van der Waals surface area contributed by atoms with E-state index in [2.05, 4.69) is 4.90 Å². The van der Waals surface area contributed by atoms with Crippen molar-refractivity contribution in [3.63, 3.8) is 0 Å². The zero-order valence-corrected chi connectivity index (χ0v) is 10.9. The largest absolute Gasteiger partial charge is 0.391 e. The van der Waals surface area contributed by atoms with Gasteiger partial charge in [-0.25, -0.2) is 0 Å². The van der Waals surface area contributed by atoms with Crippen molar-refractivity contribution in [2.75, 3.05) is 32.8 Å². The van der Waals surface area contributed by atoms with Crippen LogP contribution >= 0.6 is 0 Å². The number of hydrogen-bond donors (Lipinski definition) is 2. The van der Waals surface area contributed by atoms with E-state index in [1.54, 1.807) is 12.1 Å². The second-order valence-electron chi connectivity index (χ2n) is 4.79. The van der Waals surface area contributed by atoms with E-state index in [-0.39, 0.29) is 0 Å². The zero-order chi connectivity index (χ0) is 13.7. The summed E-state index contributed by atoms with van der Waals surface area (Å²) < 4.78 is 5.27. The summed E-state index contributed by atoms with van der Waals surface area (Å²) in [6, 6.07) is 7.16. The molecule has 1 aliphatic heterocycles. The Balaban J connectivity index is 1.94. The second-order valence-corrected chi connectivity index (χ2v) is 4.79. The molecule has 3 N–H and O–H groups in total. The minimum atomic E-state index is -0.501. The molecule has 1 saturated heterocycles. The first-order valence-corrected chi connectivity index (χ1v) is 6.52. The molecule has 1 aromatic rings. The molecule has 0 radical (unpaired) electrons. The fourth-order valence-electron chi connectivity index (χ4n) is 2.34. The van der Waals surface area contributed by atoms with Gasteiger partial charge in [-0.15, -0.1) is 0 Å². The summed E-state index contributed by atoms with van der Waals surface area (Å²) >= 11 is 0. The van der Waals surface area contributed by atoms with Crippen LogP contribution < -0.4 is 5.73 Å². The summed E-state index contributed by atoms with van der Waals surface area (Å²) in [4.78, 5) is 13.5. The lowest BCUT2D eigenvalue weighted by Crippen LogP contribution is -2.41. The number of carbonyl (C=O) groups excluding carboxylic acids is 1. The summed E-state index contributed by atoms with van der Waals surface area (Å²) in [5.74, 6) is -0.450. The predicted molar refractivity (Wildman–Crippen MR) is 71.9 cm³/mol. The van der Waals surface area contributed by atoms with E-state index in [4.69, 9.17) is 10.5 Å². The number of hydrogen-bond acceptors (Lipinski definition) is 4. The van der Waals surface area contributed by atoms with E-state index in [1.165, 1.54) is 0 Å². The van der Waals surface area contributed by atoms with Gasteiger partial charge in [0.1, 0.15) is 0 Å². The topological polar surface area (TPSA) is 75.8 Å². The average Bonchev–Trinajstić information content (AvgIpc) is 2.40. The molecule has 104 valence electrons. The van der Waals surface area contributed by atoms with Gasteiger partial charge in [0, 0.05) is 31.6 Å². The molecule has 0 spiro atoms. The van der Waals surface area contributed by atoms with Crippen LogP contribution in [-0.4, -0.2) is 54.9 Å². The number of carbonyl (C=O) groups is 1. The Morgan fingerprint density at radius 2 is 2.05 bits per heavy atom. The van der Waals surface area contributed by atoms with Crippen molar-refractivity contribution in [3.8, 4) is 0 Å². The van der Waals surface area contributed by atoms with Crippen LogP contribution in [0.25, 0.3) is 0 Å². The van der Waals surface area contributed by atoms with Crippen molar-refractivity contribution in [2.45, 2.75) is 12.5 Å². The summed E-state index contributed by atoms with van der Waals surface area (Å²) in [6.07, 6.45) is -0.0604.